The maximum Gasteiger partial charge on any atom is 0.0948 e. The van der Waals surface area contributed by atoms with E-state index in [2.05, 4.69) is 42.2 Å². The van der Waals surface area contributed by atoms with Crippen molar-refractivity contribution in [2.45, 2.75) is 13.0 Å². The smallest absolute Gasteiger partial charge is 0.0948 e. The van der Waals surface area contributed by atoms with E-state index in [4.69, 9.17) is 0 Å². The molecule has 1 aromatic rings. The second kappa shape index (κ2) is 3.30. The van der Waals surface area contributed by atoms with Crippen molar-refractivity contribution in [1.29, 1.82) is 0 Å². The van der Waals surface area contributed by atoms with E-state index in [9.17, 15) is 0 Å². The standard InChI is InChI=1S/C10H11N2/c1-9(10-4-2-3-5-10)12-7-6-11-8-12/h2-9H,1H3. The summed E-state index contributed by atoms with van der Waals surface area (Å²) in [5, 5.41) is 0. The van der Waals surface area contributed by atoms with Crippen LogP contribution in [0.2, 0.25) is 0 Å². The van der Waals surface area contributed by atoms with Gasteiger partial charge in [0, 0.05) is 24.4 Å². The summed E-state index contributed by atoms with van der Waals surface area (Å²) < 4.78 is 2.09. The monoisotopic (exact) mass is 159 g/mol. The van der Waals surface area contributed by atoms with Gasteiger partial charge in [0.2, 0.25) is 0 Å². The second-order valence-electron chi connectivity index (χ2n) is 2.90. The minimum Gasteiger partial charge on any atom is -0.334 e. The predicted octanol–water partition coefficient (Wildman–Crippen LogP) is 1.85. The topological polar surface area (TPSA) is 17.8 Å². The molecule has 61 valence electrons. The quantitative estimate of drug-likeness (QED) is 0.644. The number of hydrogen-bond acceptors (Lipinski definition) is 1. The van der Waals surface area contributed by atoms with Crippen molar-refractivity contribution in [2.24, 2.45) is 0 Å². The Kier molecular flexibility index (Phi) is 2.15. The first-order chi connectivity index (χ1) is 5.88. The van der Waals surface area contributed by atoms with E-state index in [0.717, 1.165) is 0 Å². The van der Waals surface area contributed by atoms with Crippen LogP contribution in [0.1, 0.15) is 13.0 Å². The van der Waals surface area contributed by atoms with Crippen LogP contribution < -0.4 is 0 Å². The molecular weight excluding hydrogens is 148 g/mol. The van der Waals surface area contributed by atoms with Gasteiger partial charge in [0.25, 0.3) is 0 Å². The van der Waals surface area contributed by atoms with E-state index >= 15 is 0 Å². The molecule has 0 amide bonds. The highest BCUT2D eigenvalue weighted by Gasteiger charge is 2.23. The zero-order chi connectivity index (χ0) is 8.39. The van der Waals surface area contributed by atoms with Crippen LogP contribution in [0.25, 0.3) is 0 Å². The second-order valence-corrected chi connectivity index (χ2v) is 2.90. The number of nitrogens with zero attached hydrogens (tertiary/aromatic N) is 2. The van der Waals surface area contributed by atoms with E-state index in [0.29, 0.717) is 6.04 Å². The van der Waals surface area contributed by atoms with Crippen LogP contribution in [0.3, 0.4) is 0 Å². The molecule has 2 rings (SSSR count). The Hall–Kier alpha value is -0.790. The predicted molar refractivity (Wildman–Crippen MR) is 47.4 cm³/mol. The molecule has 0 spiro atoms. The SMILES string of the molecule is CC([C]1[CH][CH][CH][CH]1)n1ccnc1. The average Bonchev–Trinajstić information content (AvgIpc) is 2.77. The van der Waals surface area contributed by atoms with Crippen LogP contribution in [0.15, 0.2) is 18.7 Å². The van der Waals surface area contributed by atoms with Crippen molar-refractivity contribution in [1.82, 2.24) is 9.55 Å². The molecule has 2 heteroatoms. The fourth-order valence-corrected chi connectivity index (χ4v) is 1.34. The Morgan fingerprint density at radius 3 is 2.67 bits per heavy atom. The van der Waals surface area contributed by atoms with Gasteiger partial charge in [-0.2, -0.15) is 0 Å². The van der Waals surface area contributed by atoms with E-state index in [-0.39, 0.29) is 0 Å². The molecular formula is C10H11N2. The molecule has 0 bridgehead atoms. The Labute approximate surface area is 73.6 Å². The van der Waals surface area contributed by atoms with Gasteiger partial charge < -0.3 is 4.57 Å². The van der Waals surface area contributed by atoms with E-state index in [1.807, 2.05) is 12.5 Å². The molecule has 0 aromatic carbocycles. The van der Waals surface area contributed by atoms with Crippen LogP contribution in [0.4, 0.5) is 0 Å². The maximum absolute atomic E-state index is 4.02. The van der Waals surface area contributed by atoms with Gasteiger partial charge in [0.15, 0.2) is 0 Å². The molecule has 0 N–H and O–H groups in total. The zero-order valence-corrected chi connectivity index (χ0v) is 7.01. The molecule has 1 saturated carbocycles. The number of hydrogen-bond donors (Lipinski definition) is 0. The largest absolute Gasteiger partial charge is 0.334 e. The molecule has 1 fully saturated rings. The fourth-order valence-electron chi connectivity index (χ4n) is 1.34. The summed E-state index contributed by atoms with van der Waals surface area (Å²) in [4.78, 5) is 4.02. The third kappa shape index (κ3) is 1.38. The van der Waals surface area contributed by atoms with E-state index < -0.39 is 0 Å². The van der Waals surface area contributed by atoms with Gasteiger partial charge in [-0.3, -0.25) is 0 Å². The van der Waals surface area contributed by atoms with Gasteiger partial charge in [-0.25, -0.2) is 4.98 Å². The van der Waals surface area contributed by atoms with E-state index in [1.165, 1.54) is 5.92 Å². The maximum atomic E-state index is 4.02. The minimum atomic E-state index is 0.391. The van der Waals surface area contributed by atoms with Gasteiger partial charge in [0.1, 0.15) is 0 Å². The van der Waals surface area contributed by atoms with Crippen molar-refractivity contribution < 1.29 is 0 Å². The summed E-state index contributed by atoms with van der Waals surface area (Å²) in [5.41, 5.74) is 0. The van der Waals surface area contributed by atoms with Gasteiger partial charge >= 0.3 is 0 Å². The molecule has 1 aliphatic rings. The first-order valence-electron chi connectivity index (χ1n) is 4.07. The minimum absolute atomic E-state index is 0.391. The third-order valence-corrected chi connectivity index (χ3v) is 2.14. The summed E-state index contributed by atoms with van der Waals surface area (Å²) in [6, 6.07) is 0.391. The Morgan fingerprint density at radius 1 is 1.33 bits per heavy atom. The van der Waals surface area contributed by atoms with Gasteiger partial charge in [-0.1, -0.05) is 0 Å². The Balaban J connectivity index is 2.04. The van der Waals surface area contributed by atoms with Crippen LogP contribution in [0.5, 0.6) is 0 Å². The van der Waals surface area contributed by atoms with Crippen molar-refractivity contribution >= 4 is 0 Å². The lowest BCUT2D eigenvalue weighted by Gasteiger charge is -2.18. The van der Waals surface area contributed by atoms with Crippen LogP contribution >= 0.6 is 0 Å². The number of aromatic nitrogens is 2. The summed E-state index contributed by atoms with van der Waals surface area (Å²) in [6.45, 7) is 2.16. The third-order valence-electron chi connectivity index (χ3n) is 2.14. The van der Waals surface area contributed by atoms with Gasteiger partial charge in [0.05, 0.1) is 6.33 Å². The molecule has 1 aromatic heterocycles. The highest BCUT2D eigenvalue weighted by atomic mass is 15.0. The molecule has 1 heterocycles. The lowest BCUT2D eigenvalue weighted by molar-refractivity contribution is 0.589. The average molecular weight is 159 g/mol. The molecule has 0 aliphatic heterocycles. The lowest BCUT2D eigenvalue weighted by atomic mass is 10.00. The molecule has 2 nitrogen and oxygen atoms in total. The van der Waals surface area contributed by atoms with Crippen molar-refractivity contribution in [3.8, 4) is 0 Å². The summed E-state index contributed by atoms with van der Waals surface area (Å²) in [7, 11) is 0. The number of imidazole rings is 1. The zero-order valence-electron chi connectivity index (χ0n) is 7.01. The molecule has 0 saturated heterocycles. The summed E-state index contributed by atoms with van der Waals surface area (Å²) >= 11 is 0. The van der Waals surface area contributed by atoms with Crippen LogP contribution in [-0.2, 0) is 0 Å². The van der Waals surface area contributed by atoms with Gasteiger partial charge in [-0.05, 0) is 32.6 Å². The van der Waals surface area contributed by atoms with Gasteiger partial charge in [-0.15, -0.1) is 0 Å². The normalized spacial score (nSPS) is 21.4. The Bertz CT molecular complexity index is 222. The first-order valence-corrected chi connectivity index (χ1v) is 4.07. The van der Waals surface area contributed by atoms with Crippen molar-refractivity contribution in [3.05, 3.63) is 50.3 Å². The molecule has 1 aliphatic carbocycles. The van der Waals surface area contributed by atoms with Crippen molar-refractivity contribution in [3.63, 3.8) is 0 Å². The first kappa shape index (κ1) is 7.84. The lowest BCUT2D eigenvalue weighted by Crippen LogP contribution is -2.11. The molecule has 12 heavy (non-hydrogen) atoms. The fraction of sp³-hybridized carbons (Fsp3) is 0.200. The summed E-state index contributed by atoms with van der Waals surface area (Å²) in [5.74, 6) is 1.33. The molecule has 1 unspecified atom stereocenters. The highest BCUT2D eigenvalue weighted by Crippen LogP contribution is 2.32. The molecule has 1 atom stereocenters. The van der Waals surface area contributed by atoms with Crippen molar-refractivity contribution in [2.75, 3.05) is 0 Å². The highest BCUT2D eigenvalue weighted by molar-refractivity contribution is 5.37. The summed E-state index contributed by atoms with van der Waals surface area (Å²) in [6.07, 6.45) is 14.0. The molecule has 5 radical (unpaired) electrons. The van der Waals surface area contributed by atoms with E-state index in [1.54, 1.807) is 6.20 Å². The van der Waals surface area contributed by atoms with Crippen LogP contribution in [-0.4, -0.2) is 9.55 Å². The Morgan fingerprint density at radius 2 is 2.08 bits per heavy atom. The van der Waals surface area contributed by atoms with Crippen LogP contribution in [0, 0.1) is 31.6 Å². The number of rotatable bonds is 2.